The van der Waals surface area contributed by atoms with Crippen molar-refractivity contribution in [3.8, 4) is 33.5 Å². The van der Waals surface area contributed by atoms with Gasteiger partial charge in [0.1, 0.15) is 10.3 Å². The highest BCUT2D eigenvalue weighted by Crippen LogP contribution is 2.41. The van der Waals surface area contributed by atoms with Crippen molar-refractivity contribution in [3.63, 3.8) is 0 Å². The molecular formula is C38H22N2S2. The van der Waals surface area contributed by atoms with Gasteiger partial charge >= 0.3 is 0 Å². The summed E-state index contributed by atoms with van der Waals surface area (Å²) in [5.74, 6) is 0. The van der Waals surface area contributed by atoms with Crippen LogP contribution in [0.15, 0.2) is 134 Å². The fourth-order valence-corrected chi connectivity index (χ4v) is 8.30. The first-order valence-electron chi connectivity index (χ1n) is 14.0. The van der Waals surface area contributed by atoms with Crippen molar-refractivity contribution >= 4 is 74.1 Å². The van der Waals surface area contributed by atoms with E-state index >= 15 is 0 Å². The van der Waals surface area contributed by atoms with Gasteiger partial charge in [0, 0.05) is 35.8 Å². The van der Waals surface area contributed by atoms with E-state index in [-0.39, 0.29) is 0 Å². The Bertz CT molecular complexity index is 2480. The van der Waals surface area contributed by atoms with Gasteiger partial charge in [-0.1, -0.05) is 97.1 Å². The van der Waals surface area contributed by atoms with Gasteiger partial charge in [0.05, 0.1) is 11.9 Å². The highest BCUT2D eigenvalue weighted by Gasteiger charge is 2.14. The predicted octanol–water partition coefficient (Wildman–Crippen LogP) is 11.4. The van der Waals surface area contributed by atoms with Crippen LogP contribution in [0, 0.1) is 0 Å². The largest absolute Gasteiger partial charge is 0.251 e. The molecule has 196 valence electrons. The lowest BCUT2D eigenvalue weighted by molar-refractivity contribution is 1.32. The van der Waals surface area contributed by atoms with Crippen LogP contribution in [0.2, 0.25) is 0 Å². The molecule has 0 aliphatic heterocycles. The summed E-state index contributed by atoms with van der Waals surface area (Å²) >= 11 is 3.58. The average molecular weight is 571 g/mol. The molecule has 0 aliphatic rings. The summed E-state index contributed by atoms with van der Waals surface area (Å²) < 4.78 is 3.87. The van der Waals surface area contributed by atoms with Crippen LogP contribution in [0.4, 0.5) is 0 Å². The van der Waals surface area contributed by atoms with Crippen molar-refractivity contribution in [2.45, 2.75) is 0 Å². The highest BCUT2D eigenvalue weighted by atomic mass is 32.1. The Morgan fingerprint density at radius 3 is 2.21 bits per heavy atom. The molecule has 4 heteroatoms. The van der Waals surface area contributed by atoms with Crippen molar-refractivity contribution in [2.75, 3.05) is 0 Å². The lowest BCUT2D eigenvalue weighted by Gasteiger charge is -2.08. The summed E-state index contributed by atoms with van der Waals surface area (Å²) in [4.78, 5) is 11.0. The van der Waals surface area contributed by atoms with E-state index in [0.29, 0.717) is 0 Å². The van der Waals surface area contributed by atoms with E-state index in [1.165, 1.54) is 57.9 Å². The van der Waals surface area contributed by atoms with Gasteiger partial charge < -0.3 is 0 Å². The average Bonchev–Trinajstić information content (AvgIpc) is 3.62. The Morgan fingerprint density at radius 1 is 0.476 bits per heavy atom. The van der Waals surface area contributed by atoms with Gasteiger partial charge in [0.25, 0.3) is 0 Å². The molecule has 6 aromatic carbocycles. The second-order valence-electron chi connectivity index (χ2n) is 10.6. The summed E-state index contributed by atoms with van der Waals surface area (Å²) in [5, 5.41) is 6.25. The Morgan fingerprint density at radius 2 is 1.24 bits per heavy atom. The number of hydrogen-bond acceptors (Lipinski definition) is 4. The third kappa shape index (κ3) is 3.77. The summed E-state index contributed by atoms with van der Waals surface area (Å²) in [5.41, 5.74) is 7.87. The third-order valence-corrected chi connectivity index (χ3v) is 10.4. The molecule has 0 aliphatic carbocycles. The second-order valence-corrected chi connectivity index (χ2v) is 12.7. The Balaban J connectivity index is 1.13. The van der Waals surface area contributed by atoms with Crippen LogP contribution in [0.1, 0.15) is 0 Å². The van der Waals surface area contributed by atoms with Crippen molar-refractivity contribution < 1.29 is 0 Å². The van der Waals surface area contributed by atoms with Gasteiger partial charge in [-0.2, -0.15) is 0 Å². The number of nitrogens with zero attached hydrogens (tertiary/aromatic N) is 2. The number of benzene rings is 6. The topological polar surface area (TPSA) is 25.8 Å². The molecule has 0 unspecified atom stereocenters. The number of rotatable bonds is 3. The van der Waals surface area contributed by atoms with E-state index in [1.54, 1.807) is 11.3 Å². The van der Waals surface area contributed by atoms with Crippen LogP contribution < -0.4 is 0 Å². The fourth-order valence-electron chi connectivity index (χ4n) is 6.04. The summed E-state index contributed by atoms with van der Waals surface area (Å²) in [6.07, 6.45) is 1.91. The van der Waals surface area contributed by atoms with Crippen LogP contribution in [0.3, 0.4) is 0 Å². The first-order chi connectivity index (χ1) is 20.8. The van der Waals surface area contributed by atoms with Gasteiger partial charge in [0.2, 0.25) is 0 Å². The maximum atomic E-state index is 5.05. The molecule has 3 aromatic heterocycles. The van der Waals surface area contributed by atoms with Gasteiger partial charge in [-0.25, -0.2) is 4.98 Å². The van der Waals surface area contributed by atoms with Crippen LogP contribution >= 0.6 is 22.7 Å². The molecule has 0 N–H and O–H groups in total. The number of hydrogen-bond donors (Lipinski definition) is 0. The van der Waals surface area contributed by atoms with Crippen molar-refractivity contribution in [1.29, 1.82) is 0 Å². The molecule has 0 bridgehead atoms. The Hall–Kier alpha value is -4.90. The first kappa shape index (κ1) is 23.8. The zero-order valence-electron chi connectivity index (χ0n) is 22.4. The van der Waals surface area contributed by atoms with E-state index < -0.39 is 0 Å². The lowest BCUT2D eigenvalue weighted by Crippen LogP contribution is -1.86. The molecule has 9 aromatic rings. The number of aromatic nitrogens is 2. The molecule has 2 nitrogen and oxygen atoms in total. The standard InChI is InChI=1S/C38H22N2S2/c1-2-8-24-20-28(16-15-23(24)7-1)33-22-39-36-32-21-26(17-18-35(32)42-38(36)40-33)25-9-5-10-27(19-25)29-12-6-13-31-30-11-3-4-14-34(30)41-37(29)31/h1-22H. The monoisotopic (exact) mass is 570 g/mol. The predicted molar refractivity (Wildman–Crippen MR) is 182 cm³/mol. The molecule has 9 rings (SSSR count). The van der Waals surface area contributed by atoms with Gasteiger partial charge in [-0.3, -0.25) is 4.98 Å². The van der Waals surface area contributed by atoms with E-state index in [0.717, 1.165) is 27.0 Å². The zero-order valence-corrected chi connectivity index (χ0v) is 24.0. The Labute approximate surface area is 250 Å². The molecule has 0 atom stereocenters. The smallest absolute Gasteiger partial charge is 0.143 e. The maximum absolute atomic E-state index is 5.05. The molecule has 0 amide bonds. The highest BCUT2D eigenvalue weighted by molar-refractivity contribution is 7.26. The van der Waals surface area contributed by atoms with Crippen LogP contribution in [0.25, 0.3) is 84.9 Å². The van der Waals surface area contributed by atoms with Crippen LogP contribution in [-0.2, 0) is 0 Å². The Kier molecular flexibility index (Phi) is 5.27. The molecule has 3 heterocycles. The van der Waals surface area contributed by atoms with Gasteiger partial charge in [-0.05, 0) is 63.4 Å². The normalized spacial score (nSPS) is 11.8. The summed E-state index contributed by atoms with van der Waals surface area (Å²) in [6, 6.07) is 45.9. The minimum atomic E-state index is 0.906. The molecule has 0 saturated heterocycles. The van der Waals surface area contributed by atoms with Crippen molar-refractivity contribution in [2.24, 2.45) is 0 Å². The van der Waals surface area contributed by atoms with E-state index in [9.17, 15) is 0 Å². The molecule has 42 heavy (non-hydrogen) atoms. The van der Waals surface area contributed by atoms with Crippen LogP contribution in [0.5, 0.6) is 0 Å². The third-order valence-electron chi connectivity index (χ3n) is 8.14. The molecule has 0 fully saturated rings. The fraction of sp³-hybridized carbons (Fsp3) is 0. The lowest BCUT2D eigenvalue weighted by atomic mass is 9.97. The van der Waals surface area contributed by atoms with E-state index in [2.05, 4.69) is 127 Å². The maximum Gasteiger partial charge on any atom is 0.143 e. The van der Waals surface area contributed by atoms with Crippen LogP contribution in [-0.4, -0.2) is 9.97 Å². The summed E-state index contributed by atoms with van der Waals surface area (Å²) in [7, 11) is 0. The number of thiophene rings is 2. The van der Waals surface area contributed by atoms with Gasteiger partial charge in [-0.15, -0.1) is 22.7 Å². The number of fused-ring (bicyclic) bond motifs is 7. The first-order valence-corrected chi connectivity index (χ1v) is 15.6. The molecule has 0 spiro atoms. The quantitative estimate of drug-likeness (QED) is 0.211. The molecule has 0 radical (unpaired) electrons. The minimum absolute atomic E-state index is 0.906. The van der Waals surface area contributed by atoms with E-state index in [4.69, 9.17) is 9.97 Å². The molecular weight excluding hydrogens is 549 g/mol. The van der Waals surface area contributed by atoms with Crippen molar-refractivity contribution in [1.82, 2.24) is 9.97 Å². The van der Waals surface area contributed by atoms with Crippen molar-refractivity contribution in [3.05, 3.63) is 134 Å². The SMILES string of the molecule is c1cc(-c2ccc3sc4nc(-c5ccc6ccccc6c5)cnc4c3c2)cc(-c2cccc3c2sc2ccccc23)c1. The summed E-state index contributed by atoms with van der Waals surface area (Å²) in [6.45, 7) is 0. The molecule has 0 saturated carbocycles. The zero-order chi connectivity index (χ0) is 27.6. The minimum Gasteiger partial charge on any atom is -0.251 e. The van der Waals surface area contributed by atoms with E-state index in [1.807, 2.05) is 17.5 Å². The second kappa shape index (κ2) is 9.31. The van der Waals surface area contributed by atoms with Gasteiger partial charge in [0.15, 0.2) is 0 Å².